The molecule has 1 unspecified atom stereocenters. The number of nitrogens with zero attached hydrogens (tertiary/aromatic N) is 1. The summed E-state index contributed by atoms with van der Waals surface area (Å²) in [6.45, 7) is 0. The van der Waals surface area contributed by atoms with Crippen LogP contribution in [0.2, 0.25) is 0 Å². The van der Waals surface area contributed by atoms with Gasteiger partial charge in [0.2, 0.25) is 0 Å². The maximum absolute atomic E-state index is 12.0. The fraction of sp³-hybridized carbons (Fsp3) is 0.0667. The van der Waals surface area contributed by atoms with Crippen molar-refractivity contribution in [2.75, 3.05) is 0 Å². The van der Waals surface area contributed by atoms with Gasteiger partial charge in [-0.15, -0.1) is 0 Å². The average molecular weight is 300 g/mol. The molecule has 0 amide bonds. The van der Waals surface area contributed by atoms with Crippen LogP contribution in [0.15, 0.2) is 64.1 Å². The zero-order chi connectivity index (χ0) is 12.5. The standard InChI is InChI=1S/C15H10BrNO/c16-11-7-5-10(6-8-11)14-9-15(18)12-3-1-2-4-13(12)17-14/h1-9,12H. The van der Waals surface area contributed by atoms with Crippen molar-refractivity contribution >= 4 is 33.1 Å². The Morgan fingerprint density at radius 1 is 1.11 bits per heavy atom. The number of fused-ring (bicyclic) bond motifs is 1. The molecule has 2 aliphatic rings. The van der Waals surface area contributed by atoms with Gasteiger partial charge in [-0.3, -0.25) is 9.79 Å². The lowest BCUT2D eigenvalue weighted by Crippen LogP contribution is -2.24. The molecule has 1 aromatic carbocycles. The van der Waals surface area contributed by atoms with E-state index < -0.39 is 0 Å². The van der Waals surface area contributed by atoms with E-state index in [1.165, 1.54) is 0 Å². The minimum Gasteiger partial charge on any atom is -0.294 e. The minimum atomic E-state index is -0.200. The monoisotopic (exact) mass is 299 g/mol. The molecule has 0 bridgehead atoms. The summed E-state index contributed by atoms with van der Waals surface area (Å²) < 4.78 is 1.01. The molecule has 2 nitrogen and oxygen atoms in total. The fourth-order valence-electron chi connectivity index (χ4n) is 2.04. The lowest BCUT2D eigenvalue weighted by molar-refractivity contribution is -0.115. The number of rotatable bonds is 1. The zero-order valence-electron chi connectivity index (χ0n) is 9.51. The number of ketones is 1. The van der Waals surface area contributed by atoms with E-state index in [9.17, 15) is 4.79 Å². The number of carbonyl (C=O) groups excluding carboxylic acids is 1. The topological polar surface area (TPSA) is 29.4 Å². The summed E-state index contributed by atoms with van der Waals surface area (Å²) in [5.41, 5.74) is 2.52. The summed E-state index contributed by atoms with van der Waals surface area (Å²) in [6, 6.07) is 7.80. The summed E-state index contributed by atoms with van der Waals surface area (Å²) in [4.78, 5) is 16.6. The van der Waals surface area contributed by atoms with Gasteiger partial charge in [0.05, 0.1) is 17.3 Å². The second kappa shape index (κ2) is 4.50. The lowest BCUT2D eigenvalue weighted by atomic mass is 9.90. The molecule has 1 heterocycles. The predicted molar refractivity (Wildman–Crippen MR) is 76.3 cm³/mol. The van der Waals surface area contributed by atoms with Gasteiger partial charge in [0, 0.05) is 16.1 Å². The van der Waals surface area contributed by atoms with Gasteiger partial charge in [0.15, 0.2) is 5.78 Å². The van der Waals surface area contributed by atoms with Crippen molar-refractivity contribution in [3.8, 4) is 0 Å². The summed E-state index contributed by atoms with van der Waals surface area (Å²) in [5.74, 6) is -0.104. The van der Waals surface area contributed by atoms with Crippen LogP contribution >= 0.6 is 15.9 Å². The second-order valence-corrected chi connectivity index (χ2v) is 5.11. The highest BCUT2D eigenvalue weighted by atomic mass is 79.9. The molecule has 0 aromatic heterocycles. The SMILES string of the molecule is O=C1C=C(c2ccc(Br)cc2)N=C2C=CC=CC12. The van der Waals surface area contributed by atoms with Crippen molar-refractivity contribution in [3.05, 3.63) is 64.7 Å². The van der Waals surface area contributed by atoms with Gasteiger partial charge in [0.25, 0.3) is 0 Å². The summed E-state index contributed by atoms with van der Waals surface area (Å²) in [5, 5.41) is 0. The predicted octanol–water partition coefficient (Wildman–Crippen LogP) is 3.56. The van der Waals surface area contributed by atoms with E-state index in [4.69, 9.17) is 0 Å². The molecule has 18 heavy (non-hydrogen) atoms. The highest BCUT2D eigenvalue weighted by molar-refractivity contribution is 9.10. The van der Waals surface area contributed by atoms with Crippen LogP contribution in [0.4, 0.5) is 0 Å². The Balaban J connectivity index is 2.02. The van der Waals surface area contributed by atoms with Crippen LogP contribution in [0.25, 0.3) is 5.70 Å². The Bertz CT molecular complexity index is 620. The maximum atomic E-state index is 12.0. The number of aliphatic imine (C=N–C) groups is 1. The molecular weight excluding hydrogens is 290 g/mol. The highest BCUT2D eigenvalue weighted by Crippen LogP contribution is 2.26. The minimum absolute atomic E-state index is 0.0959. The molecule has 0 N–H and O–H groups in total. The highest BCUT2D eigenvalue weighted by Gasteiger charge is 2.24. The Hall–Kier alpha value is -1.74. The molecule has 1 aliphatic heterocycles. The Labute approximate surface area is 114 Å². The van der Waals surface area contributed by atoms with Crippen molar-refractivity contribution < 1.29 is 4.79 Å². The Morgan fingerprint density at radius 2 is 1.89 bits per heavy atom. The van der Waals surface area contributed by atoms with Crippen molar-refractivity contribution in [1.29, 1.82) is 0 Å². The number of hydrogen-bond acceptors (Lipinski definition) is 2. The third-order valence-corrected chi connectivity index (χ3v) is 3.50. The molecule has 1 aromatic rings. The van der Waals surface area contributed by atoms with Crippen molar-refractivity contribution in [2.45, 2.75) is 0 Å². The van der Waals surface area contributed by atoms with Gasteiger partial charge < -0.3 is 0 Å². The smallest absolute Gasteiger partial charge is 0.170 e. The summed E-state index contributed by atoms with van der Waals surface area (Å²) in [6.07, 6.45) is 9.21. The van der Waals surface area contributed by atoms with E-state index in [-0.39, 0.29) is 11.7 Å². The fourth-order valence-corrected chi connectivity index (χ4v) is 2.31. The molecule has 0 saturated carbocycles. The molecule has 0 fully saturated rings. The lowest BCUT2D eigenvalue weighted by Gasteiger charge is -2.18. The average Bonchev–Trinajstić information content (AvgIpc) is 2.39. The van der Waals surface area contributed by atoms with E-state index in [1.807, 2.05) is 48.6 Å². The zero-order valence-corrected chi connectivity index (χ0v) is 11.1. The number of allylic oxidation sites excluding steroid dienone is 5. The molecule has 1 atom stereocenters. The first-order valence-corrected chi connectivity index (χ1v) is 6.48. The maximum Gasteiger partial charge on any atom is 0.170 e. The van der Waals surface area contributed by atoms with Crippen molar-refractivity contribution in [1.82, 2.24) is 0 Å². The van der Waals surface area contributed by atoms with Gasteiger partial charge >= 0.3 is 0 Å². The second-order valence-electron chi connectivity index (χ2n) is 4.20. The van der Waals surface area contributed by atoms with Crippen LogP contribution in [0, 0.1) is 5.92 Å². The molecule has 0 radical (unpaired) electrons. The molecular formula is C15H10BrNO. The normalized spacial score (nSPS) is 21.4. The van der Waals surface area contributed by atoms with Gasteiger partial charge in [-0.05, 0) is 18.2 Å². The van der Waals surface area contributed by atoms with Gasteiger partial charge in [-0.1, -0.05) is 46.3 Å². The van der Waals surface area contributed by atoms with E-state index in [2.05, 4.69) is 20.9 Å². The van der Waals surface area contributed by atoms with Crippen molar-refractivity contribution in [3.63, 3.8) is 0 Å². The quantitative estimate of drug-likeness (QED) is 0.780. The Morgan fingerprint density at radius 3 is 2.67 bits per heavy atom. The van der Waals surface area contributed by atoms with Gasteiger partial charge in [0.1, 0.15) is 0 Å². The van der Waals surface area contributed by atoms with Crippen LogP contribution in [0.5, 0.6) is 0 Å². The van der Waals surface area contributed by atoms with Crippen LogP contribution in [0.1, 0.15) is 5.56 Å². The molecule has 88 valence electrons. The van der Waals surface area contributed by atoms with Crippen LogP contribution in [-0.4, -0.2) is 11.5 Å². The molecule has 3 rings (SSSR count). The van der Waals surface area contributed by atoms with E-state index in [0.717, 1.165) is 21.4 Å². The Kier molecular flexibility index (Phi) is 2.84. The van der Waals surface area contributed by atoms with E-state index >= 15 is 0 Å². The largest absolute Gasteiger partial charge is 0.294 e. The van der Waals surface area contributed by atoms with Crippen LogP contribution in [0.3, 0.4) is 0 Å². The number of hydrogen-bond donors (Lipinski definition) is 0. The van der Waals surface area contributed by atoms with E-state index in [0.29, 0.717) is 0 Å². The number of carbonyl (C=O) groups is 1. The molecule has 3 heteroatoms. The van der Waals surface area contributed by atoms with E-state index in [1.54, 1.807) is 6.08 Å². The molecule has 0 saturated heterocycles. The first-order chi connectivity index (χ1) is 8.74. The third-order valence-electron chi connectivity index (χ3n) is 2.98. The summed E-state index contributed by atoms with van der Waals surface area (Å²) >= 11 is 3.39. The van der Waals surface area contributed by atoms with Crippen LogP contribution < -0.4 is 0 Å². The molecule has 0 spiro atoms. The first kappa shape index (κ1) is 11.4. The van der Waals surface area contributed by atoms with Gasteiger partial charge in [-0.25, -0.2) is 0 Å². The van der Waals surface area contributed by atoms with Crippen LogP contribution in [-0.2, 0) is 4.79 Å². The summed E-state index contributed by atoms with van der Waals surface area (Å²) in [7, 11) is 0. The number of benzene rings is 1. The first-order valence-electron chi connectivity index (χ1n) is 5.69. The van der Waals surface area contributed by atoms with Gasteiger partial charge in [-0.2, -0.15) is 0 Å². The van der Waals surface area contributed by atoms with Crippen molar-refractivity contribution in [2.24, 2.45) is 10.9 Å². The molecule has 1 aliphatic carbocycles. The number of halogens is 1. The third kappa shape index (κ3) is 2.02.